The van der Waals surface area contributed by atoms with Gasteiger partial charge in [-0.3, -0.25) is 4.21 Å². The number of nitrogens with two attached hydrogens (primary N) is 1. The lowest BCUT2D eigenvalue weighted by Gasteiger charge is -2.26. The molecule has 0 spiro atoms. The maximum Gasteiger partial charge on any atom is 0.0552 e. The second-order valence-corrected chi connectivity index (χ2v) is 7.24. The van der Waals surface area contributed by atoms with Crippen LogP contribution in [0.1, 0.15) is 26.2 Å². The third-order valence-electron chi connectivity index (χ3n) is 2.89. The van der Waals surface area contributed by atoms with Gasteiger partial charge < -0.3 is 5.73 Å². The summed E-state index contributed by atoms with van der Waals surface area (Å²) in [6.07, 6.45) is 6.74. The molecule has 0 bridgehead atoms. The lowest BCUT2D eigenvalue weighted by atomic mass is 9.86. The first-order valence-electron chi connectivity index (χ1n) is 4.72. The topological polar surface area (TPSA) is 55.5 Å². The van der Waals surface area contributed by atoms with Gasteiger partial charge in [0.05, 0.1) is 6.54 Å². The number of hydrogen-bond acceptors (Lipinski definition) is 3. The first-order chi connectivity index (χ1) is 5.83. The van der Waals surface area contributed by atoms with Crippen molar-refractivity contribution in [1.82, 2.24) is 0 Å². The van der Waals surface area contributed by atoms with Gasteiger partial charge in [0.25, 0.3) is 0 Å². The van der Waals surface area contributed by atoms with Crippen molar-refractivity contribution < 1.29 is 4.21 Å². The first kappa shape index (κ1) is 11.0. The summed E-state index contributed by atoms with van der Waals surface area (Å²) >= 11 is 0. The minimum absolute atomic E-state index is 0.0919. The molecule has 13 heavy (non-hydrogen) atoms. The molecule has 0 heterocycles. The van der Waals surface area contributed by atoms with Crippen molar-refractivity contribution in [3.05, 3.63) is 0 Å². The monoisotopic (exact) mass is 204 g/mol. The molecule has 1 aliphatic carbocycles. The van der Waals surface area contributed by atoms with E-state index < -0.39 is 9.73 Å². The molecule has 1 saturated carbocycles. The summed E-state index contributed by atoms with van der Waals surface area (Å²) in [5.41, 5.74) is 6.08. The molecule has 2 N–H and O–H groups in total. The zero-order valence-electron chi connectivity index (χ0n) is 8.75. The lowest BCUT2D eigenvalue weighted by Crippen LogP contribution is -2.37. The van der Waals surface area contributed by atoms with E-state index in [9.17, 15) is 4.21 Å². The lowest BCUT2D eigenvalue weighted by molar-refractivity contribution is 0.308. The summed E-state index contributed by atoms with van der Waals surface area (Å²) in [5, 5.41) is 0. The number of rotatable bonds is 2. The highest BCUT2D eigenvalue weighted by molar-refractivity contribution is 7.92. The van der Waals surface area contributed by atoms with Crippen molar-refractivity contribution in [1.29, 1.82) is 0 Å². The smallest absolute Gasteiger partial charge is 0.0552 e. The summed E-state index contributed by atoms with van der Waals surface area (Å²) in [6.45, 7) is 2.80. The second-order valence-electron chi connectivity index (χ2n) is 4.62. The normalized spacial score (nSPS) is 34.9. The van der Waals surface area contributed by atoms with Crippen LogP contribution in [0.3, 0.4) is 0 Å². The SMILES string of the molecule is CC1(CN=S(C)(C)=O)CCCC1N. The van der Waals surface area contributed by atoms with Gasteiger partial charge in [-0.15, -0.1) is 0 Å². The Hall–Kier alpha value is -0.0900. The number of nitrogens with zero attached hydrogens (tertiary/aromatic N) is 1. The van der Waals surface area contributed by atoms with Crippen LogP contribution in [0.2, 0.25) is 0 Å². The zero-order valence-corrected chi connectivity index (χ0v) is 9.56. The van der Waals surface area contributed by atoms with Crippen molar-refractivity contribution >= 4 is 9.73 Å². The maximum absolute atomic E-state index is 11.4. The highest BCUT2D eigenvalue weighted by Gasteiger charge is 2.36. The molecular weight excluding hydrogens is 184 g/mol. The molecule has 1 aliphatic rings. The fourth-order valence-corrected chi connectivity index (χ4v) is 2.36. The molecule has 0 amide bonds. The van der Waals surface area contributed by atoms with E-state index in [0.29, 0.717) is 6.54 Å². The Kier molecular flexibility index (Phi) is 3.02. The molecule has 0 radical (unpaired) electrons. The summed E-state index contributed by atoms with van der Waals surface area (Å²) in [4.78, 5) is 0. The Labute approximate surface area is 81.3 Å². The van der Waals surface area contributed by atoms with Crippen LogP contribution < -0.4 is 5.73 Å². The van der Waals surface area contributed by atoms with Crippen LogP contribution in [-0.4, -0.2) is 29.3 Å². The molecule has 0 aliphatic heterocycles. The van der Waals surface area contributed by atoms with Crippen LogP contribution in [0.25, 0.3) is 0 Å². The third kappa shape index (κ3) is 2.95. The second kappa shape index (κ2) is 3.58. The minimum Gasteiger partial charge on any atom is -0.327 e. The Bertz CT molecular complexity index is 286. The van der Waals surface area contributed by atoms with Crippen molar-refractivity contribution in [3.8, 4) is 0 Å². The minimum atomic E-state index is -1.95. The van der Waals surface area contributed by atoms with E-state index in [2.05, 4.69) is 11.3 Å². The average Bonchev–Trinajstić information content (AvgIpc) is 2.29. The molecule has 78 valence electrons. The van der Waals surface area contributed by atoms with Gasteiger partial charge >= 0.3 is 0 Å². The Morgan fingerprint density at radius 1 is 1.62 bits per heavy atom. The highest BCUT2D eigenvalue weighted by Crippen LogP contribution is 2.36. The van der Waals surface area contributed by atoms with Gasteiger partial charge in [0, 0.05) is 33.7 Å². The largest absolute Gasteiger partial charge is 0.327 e. The van der Waals surface area contributed by atoms with E-state index in [4.69, 9.17) is 5.73 Å². The van der Waals surface area contributed by atoms with E-state index in [-0.39, 0.29) is 11.5 Å². The van der Waals surface area contributed by atoms with Crippen LogP contribution in [0, 0.1) is 5.41 Å². The van der Waals surface area contributed by atoms with E-state index in [1.54, 1.807) is 12.5 Å². The van der Waals surface area contributed by atoms with Gasteiger partial charge in [0.15, 0.2) is 0 Å². The van der Waals surface area contributed by atoms with Crippen LogP contribution in [0.15, 0.2) is 4.36 Å². The van der Waals surface area contributed by atoms with Gasteiger partial charge in [-0.1, -0.05) is 13.3 Å². The standard InChI is InChI=1S/C9H20N2OS/c1-9(6-4-5-8(9)10)7-11-13(2,3)12/h8H,4-7,10H2,1-3H3. The van der Waals surface area contributed by atoms with Crippen LogP contribution in [0.5, 0.6) is 0 Å². The fourth-order valence-electron chi connectivity index (χ4n) is 1.76. The van der Waals surface area contributed by atoms with Crippen molar-refractivity contribution in [3.63, 3.8) is 0 Å². The molecule has 0 aromatic rings. The fraction of sp³-hybridized carbons (Fsp3) is 1.00. The van der Waals surface area contributed by atoms with Gasteiger partial charge in [0.2, 0.25) is 0 Å². The molecule has 3 nitrogen and oxygen atoms in total. The van der Waals surface area contributed by atoms with E-state index >= 15 is 0 Å². The van der Waals surface area contributed by atoms with Crippen molar-refractivity contribution in [2.45, 2.75) is 32.2 Å². The van der Waals surface area contributed by atoms with Crippen molar-refractivity contribution in [2.24, 2.45) is 15.5 Å². The molecule has 0 aromatic carbocycles. The Balaban J connectivity index is 2.68. The molecule has 0 saturated heterocycles. The van der Waals surface area contributed by atoms with E-state index in [0.717, 1.165) is 12.8 Å². The van der Waals surface area contributed by atoms with E-state index in [1.807, 2.05) is 0 Å². The molecule has 1 rings (SSSR count). The van der Waals surface area contributed by atoms with Gasteiger partial charge in [-0.2, -0.15) is 0 Å². The highest BCUT2D eigenvalue weighted by atomic mass is 32.2. The predicted octanol–water partition coefficient (Wildman–Crippen LogP) is 1.23. The van der Waals surface area contributed by atoms with Crippen molar-refractivity contribution in [2.75, 3.05) is 19.1 Å². The first-order valence-corrected chi connectivity index (χ1v) is 7.05. The summed E-state index contributed by atoms with van der Waals surface area (Å²) < 4.78 is 15.6. The molecule has 2 atom stereocenters. The van der Waals surface area contributed by atoms with Gasteiger partial charge in [0.1, 0.15) is 0 Å². The van der Waals surface area contributed by atoms with Gasteiger partial charge in [-0.25, -0.2) is 4.36 Å². The summed E-state index contributed by atoms with van der Waals surface area (Å²) in [7, 11) is -1.95. The van der Waals surface area contributed by atoms with Crippen LogP contribution in [-0.2, 0) is 9.73 Å². The Morgan fingerprint density at radius 2 is 2.23 bits per heavy atom. The zero-order chi connectivity index (χ0) is 10.1. The molecule has 2 unspecified atom stereocenters. The van der Waals surface area contributed by atoms with E-state index in [1.165, 1.54) is 6.42 Å². The molecule has 0 aromatic heterocycles. The average molecular weight is 204 g/mol. The maximum atomic E-state index is 11.4. The summed E-state index contributed by atoms with van der Waals surface area (Å²) in [6, 6.07) is 0.234. The van der Waals surface area contributed by atoms with Crippen LogP contribution in [0.4, 0.5) is 0 Å². The summed E-state index contributed by atoms with van der Waals surface area (Å²) in [5.74, 6) is 0. The third-order valence-corrected chi connectivity index (χ3v) is 3.65. The predicted molar refractivity (Wildman–Crippen MR) is 57.2 cm³/mol. The Morgan fingerprint density at radius 3 is 2.62 bits per heavy atom. The molecular formula is C9H20N2OS. The quantitative estimate of drug-likeness (QED) is 0.735. The number of hydrogen-bond donors (Lipinski definition) is 1. The van der Waals surface area contributed by atoms with Gasteiger partial charge in [-0.05, 0) is 12.8 Å². The molecule has 4 heteroatoms. The van der Waals surface area contributed by atoms with Crippen LogP contribution >= 0.6 is 0 Å². The molecule has 1 fully saturated rings.